The summed E-state index contributed by atoms with van der Waals surface area (Å²) in [6.07, 6.45) is 7.50. The number of hydrogen-bond donors (Lipinski definition) is 1. The third-order valence-electron chi connectivity index (χ3n) is 3.42. The Morgan fingerprint density at radius 1 is 1.28 bits per heavy atom. The molecule has 0 amide bonds. The molecule has 0 heterocycles. The molecule has 2 nitrogen and oxygen atoms in total. The molecule has 2 rings (SSSR count). The Bertz CT molecular complexity index is 440. The lowest BCUT2D eigenvalue weighted by Gasteiger charge is -2.16. The van der Waals surface area contributed by atoms with Gasteiger partial charge in [-0.3, -0.25) is 0 Å². The molecule has 98 valence electrons. The van der Waals surface area contributed by atoms with Gasteiger partial charge in [-0.15, -0.1) is 0 Å². The number of aliphatic hydroxyl groups is 1. The van der Waals surface area contributed by atoms with Gasteiger partial charge in [-0.05, 0) is 64.9 Å². The standard InChI is InChI=1S/C15H19BrO2/c1-18-14-9-8-12(10-13(14)16)15(17)11-6-4-2-3-5-7-11/h6,8-10,15,17H,2-5,7H2,1H3. The van der Waals surface area contributed by atoms with Crippen molar-refractivity contribution in [1.29, 1.82) is 0 Å². The number of ether oxygens (including phenoxy) is 1. The molecule has 18 heavy (non-hydrogen) atoms. The van der Waals surface area contributed by atoms with Crippen molar-refractivity contribution in [3.05, 3.63) is 39.9 Å². The monoisotopic (exact) mass is 310 g/mol. The number of halogens is 1. The molecular weight excluding hydrogens is 292 g/mol. The van der Waals surface area contributed by atoms with Crippen LogP contribution in [0.1, 0.15) is 43.8 Å². The Labute approximate surface area is 117 Å². The summed E-state index contributed by atoms with van der Waals surface area (Å²) in [5.41, 5.74) is 2.08. The third-order valence-corrected chi connectivity index (χ3v) is 4.04. The van der Waals surface area contributed by atoms with Crippen LogP contribution in [0, 0.1) is 0 Å². The van der Waals surface area contributed by atoms with E-state index in [1.165, 1.54) is 19.3 Å². The van der Waals surface area contributed by atoms with Crippen LogP contribution >= 0.6 is 15.9 Å². The van der Waals surface area contributed by atoms with E-state index in [9.17, 15) is 5.11 Å². The van der Waals surface area contributed by atoms with Gasteiger partial charge in [0.05, 0.1) is 11.6 Å². The lowest BCUT2D eigenvalue weighted by atomic mass is 9.98. The van der Waals surface area contributed by atoms with Crippen LogP contribution in [0.4, 0.5) is 0 Å². The first-order valence-electron chi connectivity index (χ1n) is 6.43. The molecule has 0 radical (unpaired) electrons. The molecular formula is C15H19BrO2. The number of hydrogen-bond acceptors (Lipinski definition) is 2. The van der Waals surface area contributed by atoms with Crippen LogP contribution in [0.15, 0.2) is 34.3 Å². The van der Waals surface area contributed by atoms with Crippen molar-refractivity contribution < 1.29 is 9.84 Å². The Morgan fingerprint density at radius 2 is 2.11 bits per heavy atom. The molecule has 1 N–H and O–H groups in total. The number of rotatable bonds is 3. The summed E-state index contributed by atoms with van der Waals surface area (Å²) in [7, 11) is 1.64. The number of benzene rings is 1. The fourth-order valence-corrected chi connectivity index (χ4v) is 2.91. The Morgan fingerprint density at radius 3 is 2.83 bits per heavy atom. The lowest BCUT2D eigenvalue weighted by Crippen LogP contribution is -2.02. The Hall–Kier alpha value is -0.800. The van der Waals surface area contributed by atoms with E-state index < -0.39 is 6.10 Å². The predicted molar refractivity (Wildman–Crippen MR) is 76.8 cm³/mol. The summed E-state index contributed by atoms with van der Waals surface area (Å²) in [4.78, 5) is 0. The summed E-state index contributed by atoms with van der Waals surface area (Å²) in [6, 6.07) is 5.76. The van der Waals surface area contributed by atoms with Crippen LogP contribution in [0.25, 0.3) is 0 Å². The summed E-state index contributed by atoms with van der Waals surface area (Å²) >= 11 is 3.46. The van der Waals surface area contributed by atoms with Crippen LogP contribution in [-0.2, 0) is 0 Å². The van der Waals surface area contributed by atoms with Gasteiger partial charge < -0.3 is 9.84 Å². The van der Waals surface area contributed by atoms with Gasteiger partial charge in [0.1, 0.15) is 11.9 Å². The van der Waals surface area contributed by atoms with Gasteiger partial charge in [-0.1, -0.05) is 18.6 Å². The van der Waals surface area contributed by atoms with Gasteiger partial charge in [0, 0.05) is 0 Å². The highest BCUT2D eigenvalue weighted by Crippen LogP contribution is 2.33. The Balaban J connectivity index is 2.19. The normalized spacial score (nSPS) is 17.8. The van der Waals surface area contributed by atoms with E-state index in [-0.39, 0.29) is 0 Å². The van der Waals surface area contributed by atoms with E-state index in [4.69, 9.17) is 4.74 Å². The van der Waals surface area contributed by atoms with Gasteiger partial charge in [0.2, 0.25) is 0 Å². The molecule has 3 heteroatoms. The fraction of sp³-hybridized carbons (Fsp3) is 0.467. The maximum atomic E-state index is 10.4. The molecule has 1 unspecified atom stereocenters. The molecule has 0 aromatic heterocycles. The second-order valence-corrected chi connectivity index (χ2v) is 5.53. The maximum Gasteiger partial charge on any atom is 0.133 e. The van der Waals surface area contributed by atoms with Crippen molar-refractivity contribution in [3.63, 3.8) is 0 Å². The van der Waals surface area contributed by atoms with Crippen molar-refractivity contribution in [2.45, 2.75) is 38.2 Å². The highest BCUT2D eigenvalue weighted by Gasteiger charge is 2.15. The number of allylic oxidation sites excluding steroid dienone is 1. The van der Waals surface area contributed by atoms with Crippen LogP contribution in [0.2, 0.25) is 0 Å². The van der Waals surface area contributed by atoms with Crippen molar-refractivity contribution in [3.8, 4) is 5.75 Å². The molecule has 0 saturated heterocycles. The first kappa shape index (κ1) is 13.6. The third kappa shape index (κ3) is 3.15. The van der Waals surface area contributed by atoms with Crippen LogP contribution in [-0.4, -0.2) is 12.2 Å². The molecule has 1 aromatic carbocycles. The molecule has 1 atom stereocenters. The zero-order valence-electron chi connectivity index (χ0n) is 10.7. The molecule has 1 aromatic rings. The molecule has 0 saturated carbocycles. The first-order chi connectivity index (χ1) is 8.72. The maximum absolute atomic E-state index is 10.4. The van der Waals surface area contributed by atoms with E-state index in [0.717, 1.165) is 34.2 Å². The summed E-state index contributed by atoms with van der Waals surface area (Å²) in [5, 5.41) is 10.4. The minimum atomic E-state index is -0.481. The molecule has 0 fully saturated rings. The van der Waals surface area contributed by atoms with Crippen LogP contribution in [0.5, 0.6) is 5.75 Å². The van der Waals surface area contributed by atoms with Gasteiger partial charge >= 0.3 is 0 Å². The van der Waals surface area contributed by atoms with Crippen molar-refractivity contribution >= 4 is 15.9 Å². The van der Waals surface area contributed by atoms with Crippen molar-refractivity contribution in [1.82, 2.24) is 0 Å². The highest BCUT2D eigenvalue weighted by atomic mass is 79.9. The summed E-state index contributed by atoms with van der Waals surface area (Å²) in [6.45, 7) is 0. The summed E-state index contributed by atoms with van der Waals surface area (Å²) in [5.74, 6) is 0.792. The minimum Gasteiger partial charge on any atom is -0.496 e. The quantitative estimate of drug-likeness (QED) is 0.839. The van der Waals surface area contributed by atoms with E-state index in [2.05, 4.69) is 22.0 Å². The van der Waals surface area contributed by atoms with E-state index in [1.807, 2.05) is 18.2 Å². The van der Waals surface area contributed by atoms with Gasteiger partial charge in [0.25, 0.3) is 0 Å². The van der Waals surface area contributed by atoms with Crippen LogP contribution < -0.4 is 4.74 Å². The lowest BCUT2D eigenvalue weighted by molar-refractivity contribution is 0.210. The second-order valence-electron chi connectivity index (χ2n) is 4.67. The molecule has 1 aliphatic rings. The topological polar surface area (TPSA) is 29.5 Å². The minimum absolute atomic E-state index is 0.481. The largest absolute Gasteiger partial charge is 0.496 e. The Kier molecular flexibility index (Phi) is 4.84. The van der Waals surface area contributed by atoms with E-state index >= 15 is 0 Å². The van der Waals surface area contributed by atoms with Gasteiger partial charge in [-0.25, -0.2) is 0 Å². The predicted octanol–water partition coefficient (Wildman–Crippen LogP) is 4.38. The van der Waals surface area contributed by atoms with Crippen molar-refractivity contribution in [2.75, 3.05) is 7.11 Å². The van der Waals surface area contributed by atoms with Gasteiger partial charge in [-0.2, -0.15) is 0 Å². The fourth-order valence-electron chi connectivity index (χ4n) is 2.35. The highest BCUT2D eigenvalue weighted by molar-refractivity contribution is 9.10. The molecule has 0 spiro atoms. The van der Waals surface area contributed by atoms with E-state index in [1.54, 1.807) is 7.11 Å². The average Bonchev–Trinajstić information content (AvgIpc) is 2.66. The summed E-state index contributed by atoms with van der Waals surface area (Å²) < 4.78 is 6.09. The number of methoxy groups -OCH3 is 1. The second kappa shape index (κ2) is 6.39. The number of aliphatic hydroxyl groups excluding tert-OH is 1. The SMILES string of the molecule is COc1ccc(C(O)C2=CCCCCC2)cc1Br. The molecule has 0 aliphatic heterocycles. The smallest absolute Gasteiger partial charge is 0.133 e. The average molecular weight is 311 g/mol. The zero-order valence-corrected chi connectivity index (χ0v) is 12.2. The van der Waals surface area contributed by atoms with E-state index in [0.29, 0.717) is 0 Å². The van der Waals surface area contributed by atoms with Crippen molar-refractivity contribution in [2.24, 2.45) is 0 Å². The van der Waals surface area contributed by atoms with Gasteiger partial charge in [0.15, 0.2) is 0 Å². The molecule has 0 bridgehead atoms. The zero-order chi connectivity index (χ0) is 13.0. The van der Waals surface area contributed by atoms with Crippen LogP contribution in [0.3, 0.4) is 0 Å². The first-order valence-corrected chi connectivity index (χ1v) is 7.22. The molecule has 1 aliphatic carbocycles.